The van der Waals surface area contributed by atoms with E-state index in [9.17, 15) is 18.3 Å². The van der Waals surface area contributed by atoms with E-state index in [1.165, 1.54) is 33.5 Å². The van der Waals surface area contributed by atoms with Gasteiger partial charge in [-0.15, -0.1) is 0 Å². The second kappa shape index (κ2) is 10.8. The molecule has 0 spiro atoms. The Morgan fingerprint density at radius 2 is 1.55 bits per heavy atom. The van der Waals surface area contributed by atoms with Crippen LogP contribution in [0, 0.1) is 0 Å². The van der Waals surface area contributed by atoms with Crippen molar-refractivity contribution in [2.75, 3.05) is 65.6 Å². The van der Waals surface area contributed by atoms with Crippen molar-refractivity contribution in [3.05, 3.63) is 42.0 Å². The van der Waals surface area contributed by atoms with E-state index in [1.807, 2.05) is 4.90 Å². The van der Waals surface area contributed by atoms with Crippen molar-refractivity contribution < 1.29 is 37.2 Å². The van der Waals surface area contributed by atoms with Gasteiger partial charge in [-0.1, -0.05) is 12.1 Å². The van der Waals surface area contributed by atoms with Gasteiger partial charge >= 0.3 is 6.18 Å². The van der Waals surface area contributed by atoms with Crippen LogP contribution in [0.2, 0.25) is 0 Å². The molecule has 2 aromatic rings. The number of rotatable bonds is 9. The first-order chi connectivity index (χ1) is 15.8. The molecule has 182 valence electrons. The van der Waals surface area contributed by atoms with Gasteiger partial charge < -0.3 is 29.0 Å². The first kappa shape index (κ1) is 24.8. The Hall–Kier alpha value is -2.85. The molecule has 7 nitrogen and oxygen atoms in total. The molecule has 1 heterocycles. The Morgan fingerprint density at radius 1 is 0.939 bits per heavy atom. The maximum Gasteiger partial charge on any atom is 0.418 e. The number of alkyl halides is 3. The number of β-amino-alcohol motifs (C(OH)–C–C–N with tert-alkyl or cyclic N) is 1. The molecule has 0 aliphatic carbocycles. The largest absolute Gasteiger partial charge is 0.493 e. The van der Waals surface area contributed by atoms with Crippen LogP contribution < -0.4 is 23.8 Å². The molecule has 1 saturated heterocycles. The van der Waals surface area contributed by atoms with Crippen LogP contribution in [0.1, 0.15) is 5.56 Å². The monoisotopic (exact) mass is 470 g/mol. The first-order valence-corrected chi connectivity index (χ1v) is 10.5. The molecule has 0 aromatic heterocycles. The molecule has 1 aliphatic heterocycles. The number of halogens is 3. The van der Waals surface area contributed by atoms with E-state index in [4.69, 9.17) is 18.9 Å². The van der Waals surface area contributed by atoms with Gasteiger partial charge in [0.15, 0.2) is 11.5 Å². The summed E-state index contributed by atoms with van der Waals surface area (Å²) in [5.41, 5.74) is -0.437. The Labute approximate surface area is 191 Å². The number of ether oxygens (including phenoxy) is 4. The highest BCUT2D eigenvalue weighted by atomic mass is 19.4. The molecule has 10 heteroatoms. The Bertz CT molecular complexity index is 892. The van der Waals surface area contributed by atoms with Crippen molar-refractivity contribution in [1.82, 2.24) is 4.90 Å². The summed E-state index contributed by atoms with van der Waals surface area (Å²) >= 11 is 0. The number of benzene rings is 2. The summed E-state index contributed by atoms with van der Waals surface area (Å²) in [4.78, 5) is 3.74. The highest BCUT2D eigenvalue weighted by molar-refractivity contribution is 5.56. The second-order valence-corrected chi connectivity index (χ2v) is 7.63. The van der Waals surface area contributed by atoms with Gasteiger partial charge in [0.25, 0.3) is 0 Å². The fraction of sp³-hybridized carbons (Fsp3) is 0.478. The maximum atomic E-state index is 13.3. The molecule has 3 rings (SSSR count). The van der Waals surface area contributed by atoms with Crippen molar-refractivity contribution in [3.63, 3.8) is 0 Å². The molecule has 0 saturated carbocycles. The fourth-order valence-electron chi connectivity index (χ4n) is 3.84. The van der Waals surface area contributed by atoms with Crippen LogP contribution in [0.15, 0.2) is 36.4 Å². The highest BCUT2D eigenvalue weighted by Crippen LogP contribution is 2.41. The number of anilines is 1. The topological polar surface area (TPSA) is 63.6 Å². The lowest BCUT2D eigenvalue weighted by Gasteiger charge is -2.37. The van der Waals surface area contributed by atoms with Crippen molar-refractivity contribution >= 4 is 5.69 Å². The Balaban J connectivity index is 1.53. The van der Waals surface area contributed by atoms with Gasteiger partial charge in [0.2, 0.25) is 5.75 Å². The number of hydrogen-bond acceptors (Lipinski definition) is 7. The van der Waals surface area contributed by atoms with Crippen LogP contribution in [0.5, 0.6) is 23.0 Å². The summed E-state index contributed by atoms with van der Waals surface area (Å²) in [6.07, 6.45) is -5.17. The van der Waals surface area contributed by atoms with Gasteiger partial charge in [-0.3, -0.25) is 4.90 Å². The van der Waals surface area contributed by atoms with Crippen molar-refractivity contribution in [1.29, 1.82) is 0 Å². The summed E-state index contributed by atoms with van der Waals surface area (Å²) in [5.74, 6) is 1.78. The summed E-state index contributed by atoms with van der Waals surface area (Å²) in [5, 5.41) is 10.4. The molecule has 2 aromatic carbocycles. The average molecular weight is 470 g/mol. The van der Waals surface area contributed by atoms with Gasteiger partial charge in [0.05, 0.1) is 26.9 Å². The molecule has 1 atom stereocenters. The van der Waals surface area contributed by atoms with Crippen LogP contribution in [-0.4, -0.2) is 76.8 Å². The highest BCUT2D eigenvalue weighted by Gasteiger charge is 2.35. The third-order valence-electron chi connectivity index (χ3n) is 5.47. The normalized spacial score (nSPS) is 15.8. The quantitative estimate of drug-likeness (QED) is 0.604. The average Bonchev–Trinajstić information content (AvgIpc) is 2.82. The van der Waals surface area contributed by atoms with Crippen molar-refractivity contribution in [2.24, 2.45) is 0 Å². The third kappa shape index (κ3) is 6.14. The predicted octanol–water partition coefficient (Wildman–Crippen LogP) is 3.29. The molecule has 1 aliphatic rings. The Kier molecular flexibility index (Phi) is 8.15. The number of hydrogen-bond donors (Lipinski definition) is 1. The van der Waals surface area contributed by atoms with E-state index in [0.717, 1.165) is 6.07 Å². The number of aliphatic hydroxyl groups excluding tert-OH is 1. The SMILES string of the molecule is COc1cc(OCC(O)CN2CCN(c3ccccc3C(F)(F)F)CC2)cc(OC)c1OC. The molecular weight excluding hydrogens is 441 g/mol. The van der Waals surface area contributed by atoms with Crippen LogP contribution >= 0.6 is 0 Å². The van der Waals surface area contributed by atoms with E-state index in [-0.39, 0.29) is 12.3 Å². The number of piperazine rings is 1. The van der Waals surface area contributed by atoms with E-state index in [1.54, 1.807) is 23.1 Å². The zero-order valence-corrected chi connectivity index (χ0v) is 18.9. The number of methoxy groups -OCH3 is 3. The van der Waals surface area contributed by atoms with E-state index < -0.39 is 17.8 Å². The van der Waals surface area contributed by atoms with Crippen LogP contribution in [0.4, 0.5) is 18.9 Å². The minimum absolute atomic E-state index is 0.0375. The summed E-state index contributed by atoms with van der Waals surface area (Å²) < 4.78 is 61.5. The Morgan fingerprint density at radius 3 is 2.09 bits per heavy atom. The molecule has 0 amide bonds. The lowest BCUT2D eigenvalue weighted by atomic mass is 10.1. The van der Waals surface area contributed by atoms with E-state index >= 15 is 0 Å². The van der Waals surface area contributed by atoms with Gasteiger partial charge in [0, 0.05) is 50.5 Å². The van der Waals surface area contributed by atoms with E-state index in [0.29, 0.717) is 55.7 Å². The number of para-hydroxylation sites is 1. The molecule has 1 N–H and O–H groups in total. The second-order valence-electron chi connectivity index (χ2n) is 7.63. The maximum absolute atomic E-state index is 13.3. The van der Waals surface area contributed by atoms with Gasteiger partial charge in [-0.2, -0.15) is 13.2 Å². The zero-order chi connectivity index (χ0) is 24.0. The van der Waals surface area contributed by atoms with Gasteiger partial charge in [0.1, 0.15) is 18.5 Å². The molecule has 1 unspecified atom stereocenters. The smallest absolute Gasteiger partial charge is 0.418 e. The van der Waals surface area contributed by atoms with Crippen molar-refractivity contribution in [2.45, 2.75) is 12.3 Å². The summed E-state index contributed by atoms with van der Waals surface area (Å²) in [6, 6.07) is 8.90. The lowest BCUT2D eigenvalue weighted by Crippen LogP contribution is -2.49. The standard InChI is InChI=1S/C23H29F3N2O5/c1-30-20-12-17(13-21(31-2)22(20)32-3)33-15-16(29)14-27-8-10-28(11-9-27)19-7-5-4-6-18(19)23(24,25)26/h4-7,12-13,16,29H,8-11,14-15H2,1-3H3. The first-order valence-electron chi connectivity index (χ1n) is 10.5. The third-order valence-corrected chi connectivity index (χ3v) is 5.47. The molecule has 1 fully saturated rings. The van der Waals surface area contributed by atoms with Gasteiger partial charge in [-0.25, -0.2) is 0 Å². The number of nitrogens with zero attached hydrogens (tertiary/aromatic N) is 2. The molecule has 33 heavy (non-hydrogen) atoms. The molecule has 0 radical (unpaired) electrons. The number of aliphatic hydroxyl groups is 1. The summed E-state index contributed by atoms with van der Waals surface area (Å²) in [7, 11) is 4.51. The van der Waals surface area contributed by atoms with E-state index in [2.05, 4.69) is 0 Å². The predicted molar refractivity (Wildman–Crippen MR) is 118 cm³/mol. The minimum Gasteiger partial charge on any atom is -0.493 e. The fourth-order valence-corrected chi connectivity index (χ4v) is 3.84. The molecular formula is C23H29F3N2O5. The van der Waals surface area contributed by atoms with Crippen LogP contribution in [0.3, 0.4) is 0 Å². The van der Waals surface area contributed by atoms with Crippen LogP contribution in [-0.2, 0) is 6.18 Å². The van der Waals surface area contributed by atoms with Crippen LogP contribution in [0.25, 0.3) is 0 Å². The minimum atomic E-state index is -4.39. The zero-order valence-electron chi connectivity index (χ0n) is 18.9. The van der Waals surface area contributed by atoms with Gasteiger partial charge in [-0.05, 0) is 12.1 Å². The lowest BCUT2D eigenvalue weighted by molar-refractivity contribution is -0.137. The van der Waals surface area contributed by atoms with Crippen molar-refractivity contribution in [3.8, 4) is 23.0 Å². The molecule has 0 bridgehead atoms. The summed E-state index contributed by atoms with van der Waals surface area (Å²) in [6.45, 7) is 2.33.